The van der Waals surface area contributed by atoms with Crippen molar-refractivity contribution >= 4 is 28.5 Å². The van der Waals surface area contributed by atoms with Gasteiger partial charge in [-0.05, 0) is 42.8 Å². The van der Waals surface area contributed by atoms with Crippen LogP contribution < -0.4 is 10.2 Å². The average molecular weight is 508 g/mol. The van der Waals surface area contributed by atoms with E-state index in [1.54, 1.807) is 30.3 Å². The maximum atomic E-state index is 15.2. The molecule has 1 atom stereocenters. The van der Waals surface area contributed by atoms with Crippen LogP contribution in [0, 0.1) is 12.7 Å². The number of carbonyl (C=O) groups excluding carboxylic acids is 2. The second-order valence-corrected chi connectivity index (χ2v) is 8.96. The van der Waals surface area contributed by atoms with Crippen LogP contribution in [-0.2, 0) is 22.7 Å². The molecule has 0 saturated heterocycles. The number of aryl methyl sites for hydroxylation is 1. The third kappa shape index (κ3) is 5.29. The van der Waals surface area contributed by atoms with Gasteiger partial charge in [-0.3, -0.25) is 14.5 Å². The Hall–Kier alpha value is -4.85. The van der Waals surface area contributed by atoms with Gasteiger partial charge in [0.25, 0.3) is 0 Å². The van der Waals surface area contributed by atoms with Crippen molar-refractivity contribution in [1.82, 2.24) is 20.3 Å². The number of benzene rings is 4. The standard InChI is InChI=1S/C30H26FN5O2/c1-21-15-17-23(18-16-21)36(28(37)20-35-27-14-8-7-13-26(27)33-34-35)29(24-11-5-6-12-25(24)31)30(38)32-19-22-9-3-2-4-10-22/h2-18,29H,19-20H2,1H3,(H,32,38)/t29-/m1/s1. The zero-order chi connectivity index (χ0) is 26.5. The van der Waals surface area contributed by atoms with E-state index in [4.69, 9.17) is 0 Å². The molecule has 0 saturated carbocycles. The topological polar surface area (TPSA) is 80.1 Å². The van der Waals surface area contributed by atoms with E-state index in [-0.39, 0.29) is 18.7 Å². The van der Waals surface area contributed by atoms with E-state index in [2.05, 4.69) is 15.6 Å². The maximum Gasteiger partial charge on any atom is 0.249 e. The number of hydrogen-bond donors (Lipinski definition) is 1. The lowest BCUT2D eigenvalue weighted by Crippen LogP contribution is -2.45. The van der Waals surface area contributed by atoms with Crippen molar-refractivity contribution in [1.29, 1.82) is 0 Å². The molecular weight excluding hydrogens is 481 g/mol. The minimum absolute atomic E-state index is 0.0930. The number of fused-ring (bicyclic) bond motifs is 1. The molecule has 190 valence electrons. The van der Waals surface area contributed by atoms with Crippen LogP contribution in [0.5, 0.6) is 0 Å². The fourth-order valence-electron chi connectivity index (χ4n) is 4.36. The first-order valence-corrected chi connectivity index (χ1v) is 12.2. The zero-order valence-corrected chi connectivity index (χ0v) is 20.8. The minimum atomic E-state index is -1.26. The molecular formula is C30H26FN5O2. The van der Waals surface area contributed by atoms with Crippen LogP contribution in [0.15, 0.2) is 103 Å². The summed E-state index contributed by atoms with van der Waals surface area (Å²) in [6.45, 7) is 1.97. The van der Waals surface area contributed by atoms with Crippen molar-refractivity contribution in [2.24, 2.45) is 0 Å². The highest BCUT2D eigenvalue weighted by Crippen LogP contribution is 2.30. The van der Waals surface area contributed by atoms with Gasteiger partial charge in [0, 0.05) is 17.8 Å². The zero-order valence-electron chi connectivity index (χ0n) is 20.8. The van der Waals surface area contributed by atoms with Gasteiger partial charge < -0.3 is 5.32 Å². The Morgan fingerprint density at radius 3 is 2.34 bits per heavy atom. The van der Waals surface area contributed by atoms with Gasteiger partial charge in [-0.25, -0.2) is 9.07 Å². The predicted octanol–water partition coefficient (Wildman–Crippen LogP) is 4.97. The molecule has 5 rings (SSSR count). The normalized spacial score (nSPS) is 11.7. The van der Waals surface area contributed by atoms with Crippen LogP contribution >= 0.6 is 0 Å². The summed E-state index contributed by atoms with van der Waals surface area (Å²) in [6.07, 6.45) is 0. The van der Waals surface area contributed by atoms with E-state index < -0.39 is 23.7 Å². The summed E-state index contributed by atoms with van der Waals surface area (Å²) in [5, 5.41) is 11.2. The first-order valence-electron chi connectivity index (χ1n) is 12.2. The number of nitrogens with zero attached hydrogens (tertiary/aromatic N) is 4. The molecule has 7 nitrogen and oxygen atoms in total. The Bertz CT molecular complexity index is 1570. The van der Waals surface area contributed by atoms with Crippen LogP contribution in [0.3, 0.4) is 0 Å². The SMILES string of the molecule is Cc1ccc(N(C(=O)Cn2nnc3ccccc32)[C@@H](C(=O)NCc2ccccc2)c2ccccc2F)cc1. The summed E-state index contributed by atoms with van der Waals surface area (Å²) >= 11 is 0. The number of amides is 2. The molecule has 0 radical (unpaired) electrons. The van der Waals surface area contributed by atoms with Gasteiger partial charge in [0.1, 0.15) is 23.9 Å². The smallest absolute Gasteiger partial charge is 0.249 e. The number of aromatic nitrogens is 3. The lowest BCUT2D eigenvalue weighted by atomic mass is 10.0. The molecule has 0 fully saturated rings. The van der Waals surface area contributed by atoms with Crippen molar-refractivity contribution in [2.45, 2.75) is 26.1 Å². The van der Waals surface area contributed by atoms with Crippen molar-refractivity contribution in [2.75, 3.05) is 4.90 Å². The molecule has 8 heteroatoms. The van der Waals surface area contributed by atoms with Crippen LogP contribution in [0.2, 0.25) is 0 Å². The number of anilines is 1. The van der Waals surface area contributed by atoms with Gasteiger partial charge >= 0.3 is 0 Å². The summed E-state index contributed by atoms with van der Waals surface area (Å²) in [5.41, 5.74) is 3.76. The van der Waals surface area contributed by atoms with Gasteiger partial charge in [0.05, 0.1) is 5.52 Å². The average Bonchev–Trinajstić information content (AvgIpc) is 3.35. The van der Waals surface area contributed by atoms with Crippen LogP contribution in [0.1, 0.15) is 22.7 Å². The molecule has 2 amide bonds. The van der Waals surface area contributed by atoms with Crippen LogP contribution in [-0.4, -0.2) is 26.8 Å². The first kappa shape index (κ1) is 24.8. The number of para-hydroxylation sites is 1. The molecule has 4 aromatic carbocycles. The molecule has 1 heterocycles. The quantitative estimate of drug-likeness (QED) is 0.322. The van der Waals surface area contributed by atoms with Gasteiger partial charge in [-0.1, -0.05) is 83.6 Å². The maximum absolute atomic E-state index is 15.2. The Balaban J connectivity index is 1.56. The molecule has 0 aliphatic carbocycles. The summed E-state index contributed by atoms with van der Waals surface area (Å²) < 4.78 is 16.7. The lowest BCUT2D eigenvalue weighted by molar-refractivity contribution is -0.127. The highest BCUT2D eigenvalue weighted by Gasteiger charge is 2.35. The van der Waals surface area contributed by atoms with Gasteiger partial charge in [0.15, 0.2) is 0 Å². The van der Waals surface area contributed by atoms with E-state index in [1.807, 2.05) is 67.6 Å². The molecule has 0 aliphatic rings. The third-order valence-electron chi connectivity index (χ3n) is 6.30. The largest absolute Gasteiger partial charge is 0.350 e. The summed E-state index contributed by atoms with van der Waals surface area (Å²) in [5.74, 6) is -1.52. The van der Waals surface area contributed by atoms with Crippen molar-refractivity contribution in [3.8, 4) is 0 Å². The van der Waals surface area contributed by atoms with Gasteiger partial charge in [0.2, 0.25) is 11.8 Å². The molecule has 38 heavy (non-hydrogen) atoms. The first-order chi connectivity index (χ1) is 18.5. The molecule has 0 bridgehead atoms. The van der Waals surface area contributed by atoms with Crippen molar-refractivity contribution in [3.63, 3.8) is 0 Å². The van der Waals surface area contributed by atoms with Gasteiger partial charge in [-0.15, -0.1) is 5.10 Å². The fraction of sp³-hybridized carbons (Fsp3) is 0.133. The summed E-state index contributed by atoms with van der Waals surface area (Å²) in [4.78, 5) is 29.1. The van der Waals surface area contributed by atoms with E-state index in [0.717, 1.165) is 11.1 Å². The Labute approximate surface area is 219 Å². The lowest BCUT2D eigenvalue weighted by Gasteiger charge is -2.32. The monoisotopic (exact) mass is 507 g/mol. The van der Waals surface area contributed by atoms with Crippen molar-refractivity contribution in [3.05, 3.63) is 126 Å². The molecule has 0 spiro atoms. The number of nitrogens with one attached hydrogen (secondary N) is 1. The second-order valence-electron chi connectivity index (χ2n) is 8.96. The third-order valence-corrected chi connectivity index (χ3v) is 6.30. The highest BCUT2D eigenvalue weighted by molar-refractivity contribution is 6.01. The fourth-order valence-corrected chi connectivity index (χ4v) is 4.36. The summed E-state index contributed by atoms with van der Waals surface area (Å²) in [6, 6.07) is 28.7. The summed E-state index contributed by atoms with van der Waals surface area (Å²) in [7, 11) is 0. The van der Waals surface area contributed by atoms with E-state index in [0.29, 0.717) is 16.7 Å². The number of halogens is 1. The van der Waals surface area contributed by atoms with Gasteiger partial charge in [-0.2, -0.15) is 0 Å². The molecule has 1 aromatic heterocycles. The van der Waals surface area contributed by atoms with Crippen molar-refractivity contribution < 1.29 is 14.0 Å². The van der Waals surface area contributed by atoms with Crippen LogP contribution in [0.4, 0.5) is 10.1 Å². The molecule has 0 aliphatic heterocycles. The number of carbonyl (C=O) groups is 2. The number of rotatable bonds is 8. The highest BCUT2D eigenvalue weighted by atomic mass is 19.1. The molecule has 5 aromatic rings. The Morgan fingerprint density at radius 1 is 0.895 bits per heavy atom. The van der Waals surface area contributed by atoms with E-state index >= 15 is 4.39 Å². The predicted molar refractivity (Wildman–Crippen MR) is 144 cm³/mol. The van der Waals surface area contributed by atoms with Crippen LogP contribution in [0.25, 0.3) is 11.0 Å². The Morgan fingerprint density at radius 2 is 1.58 bits per heavy atom. The van der Waals surface area contributed by atoms with E-state index in [9.17, 15) is 9.59 Å². The second kappa shape index (κ2) is 11.0. The van der Waals surface area contributed by atoms with E-state index in [1.165, 1.54) is 21.7 Å². The minimum Gasteiger partial charge on any atom is -0.350 e. The molecule has 0 unspecified atom stereocenters. The number of hydrogen-bond acceptors (Lipinski definition) is 4. The molecule has 1 N–H and O–H groups in total. The Kier molecular flexibility index (Phi) is 7.21.